The Balaban J connectivity index is 1.87. The molecular weight excluding hydrogens is 248 g/mol. The molecule has 20 heavy (non-hydrogen) atoms. The molecule has 0 atom stereocenters. The molecule has 4 nitrogen and oxygen atoms in total. The maximum Gasteiger partial charge on any atom is 0.116 e. The van der Waals surface area contributed by atoms with E-state index in [4.69, 9.17) is 0 Å². The van der Waals surface area contributed by atoms with Gasteiger partial charge in [-0.3, -0.25) is 0 Å². The van der Waals surface area contributed by atoms with Gasteiger partial charge in [-0.25, -0.2) is 9.97 Å². The van der Waals surface area contributed by atoms with Crippen LogP contribution in [0.15, 0.2) is 61.1 Å². The van der Waals surface area contributed by atoms with E-state index < -0.39 is 0 Å². The lowest BCUT2D eigenvalue weighted by atomic mass is 10.0. The van der Waals surface area contributed by atoms with Crippen LogP contribution >= 0.6 is 0 Å². The van der Waals surface area contributed by atoms with Gasteiger partial charge in [0.15, 0.2) is 0 Å². The van der Waals surface area contributed by atoms with Gasteiger partial charge in [0.1, 0.15) is 6.33 Å². The monoisotopic (exact) mass is 260 g/mol. The molecule has 96 valence electrons. The summed E-state index contributed by atoms with van der Waals surface area (Å²) in [7, 11) is 0. The van der Waals surface area contributed by atoms with Gasteiger partial charge in [0.2, 0.25) is 0 Å². The first-order valence-corrected chi connectivity index (χ1v) is 6.44. The lowest BCUT2D eigenvalue weighted by Gasteiger charge is -2.24. The normalized spacial score (nSPS) is 11.8. The Morgan fingerprint density at radius 3 is 2.35 bits per heavy atom. The topological polar surface area (TPSA) is 49.8 Å². The largest absolute Gasteiger partial charge is 0.352 e. The van der Waals surface area contributed by atoms with Crippen molar-refractivity contribution in [2.75, 3.05) is 10.6 Å². The number of hydrogen-bond acceptors (Lipinski definition) is 4. The Kier molecular flexibility index (Phi) is 2.39. The molecular formula is C16H12N4. The summed E-state index contributed by atoms with van der Waals surface area (Å²) in [5, 5.41) is 6.93. The smallest absolute Gasteiger partial charge is 0.116 e. The van der Waals surface area contributed by atoms with Crippen molar-refractivity contribution in [2.45, 2.75) is 0 Å². The van der Waals surface area contributed by atoms with Crippen molar-refractivity contribution in [1.82, 2.24) is 9.97 Å². The second-order valence-corrected chi connectivity index (χ2v) is 4.62. The fourth-order valence-electron chi connectivity index (χ4n) is 2.44. The molecule has 1 aromatic heterocycles. The van der Waals surface area contributed by atoms with E-state index in [-0.39, 0.29) is 0 Å². The molecule has 0 spiro atoms. The zero-order valence-corrected chi connectivity index (χ0v) is 10.7. The van der Waals surface area contributed by atoms with Crippen LogP contribution in [-0.2, 0) is 0 Å². The highest BCUT2D eigenvalue weighted by molar-refractivity contribution is 5.97. The van der Waals surface area contributed by atoms with E-state index in [1.807, 2.05) is 24.3 Å². The summed E-state index contributed by atoms with van der Waals surface area (Å²) in [4.78, 5) is 8.31. The maximum absolute atomic E-state index is 4.33. The van der Waals surface area contributed by atoms with Gasteiger partial charge >= 0.3 is 0 Å². The van der Waals surface area contributed by atoms with Gasteiger partial charge in [-0.1, -0.05) is 24.3 Å². The van der Waals surface area contributed by atoms with Crippen molar-refractivity contribution in [3.8, 4) is 11.3 Å². The molecule has 0 fully saturated rings. The van der Waals surface area contributed by atoms with E-state index in [2.05, 4.69) is 44.9 Å². The van der Waals surface area contributed by atoms with E-state index in [0.29, 0.717) is 0 Å². The third kappa shape index (κ3) is 1.70. The zero-order chi connectivity index (χ0) is 13.4. The summed E-state index contributed by atoms with van der Waals surface area (Å²) in [5.74, 6) is 0. The van der Waals surface area contributed by atoms with Gasteiger partial charge in [0.25, 0.3) is 0 Å². The zero-order valence-electron chi connectivity index (χ0n) is 10.7. The Hall–Kier alpha value is -2.88. The van der Waals surface area contributed by atoms with Crippen molar-refractivity contribution >= 4 is 22.7 Å². The van der Waals surface area contributed by atoms with Crippen molar-refractivity contribution in [2.24, 2.45) is 0 Å². The minimum Gasteiger partial charge on any atom is -0.352 e. The molecule has 0 amide bonds. The molecule has 0 saturated carbocycles. The lowest BCUT2D eigenvalue weighted by molar-refractivity contribution is 1.17. The van der Waals surface area contributed by atoms with E-state index in [1.54, 1.807) is 12.5 Å². The minimum absolute atomic E-state index is 0.908. The van der Waals surface area contributed by atoms with Crippen molar-refractivity contribution in [1.29, 1.82) is 0 Å². The highest BCUT2D eigenvalue weighted by atomic mass is 15.0. The molecule has 4 heteroatoms. The molecule has 1 aliphatic rings. The molecule has 1 aliphatic heterocycles. The highest BCUT2D eigenvalue weighted by Crippen LogP contribution is 2.42. The number of rotatable bonds is 1. The Bertz CT molecular complexity index is 768. The Morgan fingerprint density at radius 1 is 0.750 bits per heavy atom. The van der Waals surface area contributed by atoms with Crippen LogP contribution < -0.4 is 10.6 Å². The van der Waals surface area contributed by atoms with Gasteiger partial charge in [-0.2, -0.15) is 0 Å². The van der Waals surface area contributed by atoms with Crippen LogP contribution in [0.25, 0.3) is 11.3 Å². The quantitative estimate of drug-likeness (QED) is 0.544. The summed E-state index contributed by atoms with van der Waals surface area (Å²) in [6.07, 6.45) is 3.32. The van der Waals surface area contributed by atoms with Crippen molar-refractivity contribution in [3.63, 3.8) is 0 Å². The number of nitrogens with zero attached hydrogens (tertiary/aromatic N) is 2. The molecule has 2 N–H and O–H groups in total. The average Bonchev–Trinajstić information content (AvgIpc) is 2.53. The van der Waals surface area contributed by atoms with Crippen LogP contribution in [-0.4, -0.2) is 9.97 Å². The lowest BCUT2D eigenvalue weighted by Crippen LogP contribution is -2.07. The first kappa shape index (κ1) is 11.0. The third-order valence-electron chi connectivity index (χ3n) is 3.38. The Morgan fingerprint density at radius 2 is 1.55 bits per heavy atom. The average molecular weight is 260 g/mol. The summed E-state index contributed by atoms with van der Waals surface area (Å²) >= 11 is 0. The number of nitrogens with one attached hydrogen (secondary N) is 2. The summed E-state index contributed by atoms with van der Waals surface area (Å²) in [6.45, 7) is 0. The fraction of sp³-hybridized carbons (Fsp3) is 0. The number of fused-ring (bicyclic) bond motifs is 2. The first-order chi connectivity index (χ1) is 9.92. The molecule has 0 unspecified atom stereocenters. The van der Waals surface area contributed by atoms with Crippen LogP contribution in [0.5, 0.6) is 0 Å². The standard InChI is InChI=1S/C16H12N4/c1-2-6-14-13(5-1)19-15-7-3-4-11(16(15)20-14)12-8-9-17-10-18-12/h1-10,19-20H. The number of aromatic nitrogens is 2. The number of hydrogen-bond donors (Lipinski definition) is 2. The van der Waals surface area contributed by atoms with E-state index in [1.165, 1.54) is 0 Å². The van der Waals surface area contributed by atoms with Crippen LogP contribution in [0, 0.1) is 0 Å². The summed E-state index contributed by atoms with van der Waals surface area (Å²) < 4.78 is 0. The van der Waals surface area contributed by atoms with Crippen LogP contribution in [0.3, 0.4) is 0 Å². The first-order valence-electron chi connectivity index (χ1n) is 6.44. The van der Waals surface area contributed by atoms with Gasteiger partial charge in [0.05, 0.1) is 28.4 Å². The van der Waals surface area contributed by atoms with E-state index in [0.717, 1.165) is 34.0 Å². The number of benzene rings is 2. The van der Waals surface area contributed by atoms with Crippen LogP contribution in [0.2, 0.25) is 0 Å². The Labute approximate surface area is 116 Å². The molecule has 0 saturated heterocycles. The second kappa shape index (κ2) is 4.35. The van der Waals surface area contributed by atoms with Gasteiger partial charge in [-0.15, -0.1) is 0 Å². The van der Waals surface area contributed by atoms with Crippen LogP contribution in [0.1, 0.15) is 0 Å². The third-order valence-corrected chi connectivity index (χ3v) is 3.38. The molecule has 0 bridgehead atoms. The maximum atomic E-state index is 4.33. The summed E-state index contributed by atoms with van der Waals surface area (Å²) in [6, 6.07) is 16.2. The fourth-order valence-corrected chi connectivity index (χ4v) is 2.44. The van der Waals surface area contributed by atoms with Gasteiger partial charge in [0, 0.05) is 11.8 Å². The predicted octanol–water partition coefficient (Wildman–Crippen LogP) is 3.94. The second-order valence-electron chi connectivity index (χ2n) is 4.62. The molecule has 0 radical (unpaired) electrons. The number of para-hydroxylation sites is 3. The molecule has 0 aliphatic carbocycles. The molecule has 2 aromatic carbocycles. The van der Waals surface area contributed by atoms with Crippen molar-refractivity contribution < 1.29 is 0 Å². The SMILES string of the molecule is c1ccc2c(c1)Nc1cccc(-c3ccncn3)c1N2. The van der Waals surface area contributed by atoms with Crippen LogP contribution in [0.4, 0.5) is 22.7 Å². The van der Waals surface area contributed by atoms with Gasteiger partial charge < -0.3 is 10.6 Å². The van der Waals surface area contributed by atoms with Gasteiger partial charge in [-0.05, 0) is 24.3 Å². The van der Waals surface area contributed by atoms with E-state index >= 15 is 0 Å². The van der Waals surface area contributed by atoms with Crippen molar-refractivity contribution in [3.05, 3.63) is 61.1 Å². The predicted molar refractivity (Wildman–Crippen MR) is 80.5 cm³/mol. The van der Waals surface area contributed by atoms with E-state index in [9.17, 15) is 0 Å². The molecule has 2 heterocycles. The minimum atomic E-state index is 0.908. The molecule has 3 aromatic rings. The highest BCUT2D eigenvalue weighted by Gasteiger charge is 2.17. The summed E-state index contributed by atoms with van der Waals surface area (Å²) in [5.41, 5.74) is 6.23. The molecule has 4 rings (SSSR count). The number of anilines is 4.